The number of phosphoric acid groups is 2. The molecule has 0 aliphatic carbocycles. The van der Waals surface area contributed by atoms with Crippen LogP contribution in [0, 0.1) is 0 Å². The second kappa shape index (κ2) is 14.0. The van der Waals surface area contributed by atoms with Gasteiger partial charge in [-0.1, -0.05) is 64.7 Å². The second-order valence-electron chi connectivity index (χ2n) is 5.73. The molecule has 11 nitrogen and oxygen atoms in total. The van der Waals surface area contributed by atoms with Crippen LogP contribution in [0.15, 0.2) is 0 Å². The van der Waals surface area contributed by atoms with E-state index in [1.807, 2.05) is 0 Å². The third-order valence-corrected chi connectivity index (χ3v) is 6.23. The highest BCUT2D eigenvalue weighted by Gasteiger charge is 2.44. The predicted octanol–water partition coefficient (Wildman–Crippen LogP) is 5.54. The largest absolute Gasteiger partial charge is 0.605 e. The Hall–Kier alpha value is -1.12. The lowest BCUT2D eigenvalue weighted by Gasteiger charge is -2.16. The Balaban J connectivity index is 4.04. The highest BCUT2D eigenvalue weighted by atomic mass is 31.3. The van der Waals surface area contributed by atoms with Crippen molar-refractivity contribution in [3.8, 4) is 0 Å². The summed E-state index contributed by atoms with van der Waals surface area (Å²) in [4.78, 5) is 30.2. The van der Waals surface area contributed by atoms with Crippen LogP contribution in [0.2, 0.25) is 0 Å². The number of hydrogen-bond donors (Lipinski definition) is 3. The summed E-state index contributed by atoms with van der Waals surface area (Å²) in [6.07, 6.45) is 5.88. The molecule has 0 amide bonds. The average Bonchev–Trinajstić information content (AvgIpc) is 2.49. The van der Waals surface area contributed by atoms with Crippen LogP contribution in [0.25, 0.3) is 0 Å². The SMILES string of the molecule is CCCCCCCCCCCCOP(=O)(O)OP(=O)(OC(=O)O)OC(=O)O. The van der Waals surface area contributed by atoms with Crippen LogP contribution in [0.4, 0.5) is 9.59 Å². The van der Waals surface area contributed by atoms with Gasteiger partial charge in [-0.2, -0.15) is 4.31 Å². The van der Waals surface area contributed by atoms with Crippen molar-refractivity contribution in [1.82, 2.24) is 0 Å². The van der Waals surface area contributed by atoms with E-state index in [0.29, 0.717) is 6.42 Å². The van der Waals surface area contributed by atoms with E-state index in [2.05, 4.69) is 24.8 Å². The number of carbonyl (C=O) groups is 2. The van der Waals surface area contributed by atoms with Gasteiger partial charge in [0.25, 0.3) is 0 Å². The third-order valence-electron chi connectivity index (χ3n) is 3.34. The first-order valence-electron chi connectivity index (χ1n) is 8.74. The fourth-order valence-corrected chi connectivity index (χ4v) is 4.41. The number of unbranched alkanes of at least 4 members (excludes halogenated alkanes) is 9. The molecule has 0 aliphatic rings. The zero-order valence-electron chi connectivity index (χ0n) is 15.3. The summed E-state index contributed by atoms with van der Waals surface area (Å²) >= 11 is 0. The van der Waals surface area contributed by atoms with E-state index in [0.717, 1.165) is 25.7 Å². The molecule has 1 atom stereocenters. The quantitative estimate of drug-likeness (QED) is 0.206. The lowest BCUT2D eigenvalue weighted by Crippen LogP contribution is -2.08. The van der Waals surface area contributed by atoms with Crippen LogP contribution >= 0.6 is 15.6 Å². The van der Waals surface area contributed by atoms with Crippen LogP contribution < -0.4 is 0 Å². The summed E-state index contributed by atoms with van der Waals surface area (Å²) in [7, 11) is -10.4. The molecule has 0 fully saturated rings. The van der Waals surface area contributed by atoms with Crippen molar-refractivity contribution in [2.75, 3.05) is 6.61 Å². The lowest BCUT2D eigenvalue weighted by atomic mass is 10.1. The van der Waals surface area contributed by atoms with Crippen LogP contribution in [0.5, 0.6) is 0 Å². The first-order chi connectivity index (χ1) is 12.6. The zero-order valence-corrected chi connectivity index (χ0v) is 17.1. The number of carboxylic acid groups (broad SMARTS) is 2. The van der Waals surface area contributed by atoms with E-state index < -0.39 is 28.0 Å². The van der Waals surface area contributed by atoms with Crippen molar-refractivity contribution >= 4 is 28.0 Å². The van der Waals surface area contributed by atoms with Crippen LogP contribution in [-0.4, -0.2) is 34.0 Å². The van der Waals surface area contributed by atoms with Crippen molar-refractivity contribution in [3.05, 3.63) is 0 Å². The van der Waals surface area contributed by atoms with Gasteiger partial charge in [-0.05, 0) is 6.42 Å². The van der Waals surface area contributed by atoms with Gasteiger partial charge in [0.05, 0.1) is 6.61 Å². The van der Waals surface area contributed by atoms with E-state index >= 15 is 0 Å². The number of rotatable bonds is 16. The first kappa shape index (κ1) is 25.9. The smallest absolute Gasteiger partial charge is 0.449 e. The van der Waals surface area contributed by atoms with Crippen molar-refractivity contribution in [2.24, 2.45) is 0 Å². The molecule has 0 rings (SSSR count). The van der Waals surface area contributed by atoms with Gasteiger partial charge in [0, 0.05) is 0 Å². The van der Waals surface area contributed by atoms with Crippen molar-refractivity contribution in [3.63, 3.8) is 0 Å². The van der Waals surface area contributed by atoms with Gasteiger partial charge in [0.1, 0.15) is 0 Å². The topological polar surface area (TPSA) is 166 Å². The summed E-state index contributed by atoms with van der Waals surface area (Å²) < 4.78 is 39.1. The molecule has 0 aliphatic heterocycles. The van der Waals surface area contributed by atoms with E-state index in [1.165, 1.54) is 32.1 Å². The van der Waals surface area contributed by atoms with E-state index in [-0.39, 0.29) is 6.61 Å². The van der Waals surface area contributed by atoms with Crippen LogP contribution in [0.1, 0.15) is 71.1 Å². The minimum absolute atomic E-state index is 0.232. The molecule has 3 N–H and O–H groups in total. The highest BCUT2D eigenvalue weighted by Crippen LogP contribution is 2.63. The fourth-order valence-electron chi connectivity index (χ4n) is 2.16. The first-order valence-corrected chi connectivity index (χ1v) is 11.7. The van der Waals surface area contributed by atoms with Crippen molar-refractivity contribution in [2.45, 2.75) is 71.1 Å². The molecule has 0 heterocycles. The Morgan fingerprint density at radius 1 is 0.778 bits per heavy atom. The molecule has 27 heavy (non-hydrogen) atoms. The van der Waals surface area contributed by atoms with Gasteiger partial charge in [-0.25, -0.2) is 18.7 Å². The summed E-state index contributed by atoms with van der Waals surface area (Å²) in [5, 5.41) is 16.8. The molecule has 0 aromatic rings. The summed E-state index contributed by atoms with van der Waals surface area (Å²) in [5.74, 6) is 0. The van der Waals surface area contributed by atoms with Crippen LogP contribution in [0.3, 0.4) is 0 Å². The Bertz CT molecular complexity index is 517. The Kier molecular flexibility index (Phi) is 13.4. The molecule has 0 radical (unpaired) electrons. The average molecular weight is 434 g/mol. The molecule has 0 saturated carbocycles. The number of hydrogen-bond acceptors (Lipinski definition) is 8. The van der Waals surface area contributed by atoms with Crippen molar-refractivity contribution < 1.29 is 51.7 Å². The maximum Gasteiger partial charge on any atom is 0.605 e. The molecular formula is C14H28O11P2. The third kappa shape index (κ3) is 15.6. The summed E-state index contributed by atoms with van der Waals surface area (Å²) in [5.41, 5.74) is 0. The van der Waals surface area contributed by atoms with E-state index in [1.54, 1.807) is 0 Å². The monoisotopic (exact) mass is 434 g/mol. The predicted molar refractivity (Wildman–Crippen MR) is 94.5 cm³/mol. The van der Waals surface area contributed by atoms with Gasteiger partial charge in [0.15, 0.2) is 0 Å². The van der Waals surface area contributed by atoms with Crippen molar-refractivity contribution in [1.29, 1.82) is 0 Å². The summed E-state index contributed by atoms with van der Waals surface area (Å²) in [6, 6.07) is 0. The molecule has 0 aromatic carbocycles. The lowest BCUT2D eigenvalue weighted by molar-refractivity contribution is 0.0973. The normalized spacial score (nSPS) is 13.7. The number of phosphoric ester groups is 2. The van der Waals surface area contributed by atoms with Gasteiger partial charge in [-0.3, -0.25) is 4.52 Å². The van der Waals surface area contributed by atoms with E-state index in [4.69, 9.17) is 10.2 Å². The summed E-state index contributed by atoms with van der Waals surface area (Å²) in [6.45, 7) is 1.93. The van der Waals surface area contributed by atoms with Gasteiger partial charge in [-0.15, -0.1) is 0 Å². The second-order valence-corrected chi connectivity index (χ2v) is 8.84. The molecule has 1 unspecified atom stereocenters. The standard InChI is InChI=1S/C14H28O11P2/c1-2-3-4-5-6-7-8-9-10-11-12-22-26(19,20)25-27(21,23-13(15)16)24-14(17)18/h2-12H2,1H3,(H,15,16)(H,17,18)(H,19,20). The van der Waals surface area contributed by atoms with E-state index in [9.17, 15) is 23.6 Å². The molecule has 0 bridgehead atoms. The zero-order chi connectivity index (χ0) is 20.8. The minimum Gasteiger partial charge on any atom is -0.449 e. The van der Waals surface area contributed by atoms with Gasteiger partial charge >= 0.3 is 28.0 Å². The highest BCUT2D eigenvalue weighted by molar-refractivity contribution is 7.62. The Morgan fingerprint density at radius 3 is 1.59 bits per heavy atom. The maximum absolute atomic E-state index is 11.7. The Labute approximate surface area is 158 Å². The van der Waals surface area contributed by atoms with Crippen LogP contribution in [-0.2, 0) is 27.0 Å². The molecule has 0 spiro atoms. The van der Waals surface area contributed by atoms with Gasteiger partial charge < -0.3 is 24.2 Å². The maximum atomic E-state index is 11.7. The van der Waals surface area contributed by atoms with Gasteiger partial charge in [0.2, 0.25) is 0 Å². The fraction of sp³-hybridized carbons (Fsp3) is 0.857. The molecule has 13 heteroatoms. The molecule has 0 saturated heterocycles. The molecular weight excluding hydrogens is 406 g/mol. The molecule has 0 aromatic heterocycles. The molecule has 160 valence electrons. The Morgan fingerprint density at radius 2 is 1.19 bits per heavy atom. The minimum atomic E-state index is -5.37.